The first-order valence-corrected chi connectivity index (χ1v) is 8.28. The summed E-state index contributed by atoms with van der Waals surface area (Å²) in [6.07, 6.45) is 3.17. The number of nitrogens with zero attached hydrogens (tertiary/aromatic N) is 3. The van der Waals surface area contributed by atoms with Crippen molar-refractivity contribution in [2.24, 2.45) is 0 Å². The van der Waals surface area contributed by atoms with Crippen molar-refractivity contribution < 1.29 is 0 Å². The summed E-state index contributed by atoms with van der Waals surface area (Å²) in [5, 5.41) is 8.58. The van der Waals surface area contributed by atoms with E-state index in [-0.39, 0.29) is 0 Å². The number of benzene rings is 1. The summed E-state index contributed by atoms with van der Waals surface area (Å²) in [4.78, 5) is 4.41. The molecule has 0 spiro atoms. The van der Waals surface area contributed by atoms with E-state index in [2.05, 4.69) is 79.3 Å². The quantitative estimate of drug-likeness (QED) is 0.322. The lowest BCUT2D eigenvalue weighted by molar-refractivity contribution is 0.668. The molecule has 1 aromatic carbocycles. The number of imidazole rings is 1. The van der Waals surface area contributed by atoms with Crippen LogP contribution in [0, 0.1) is 11.3 Å². The Balaban J connectivity index is 2.56. The average molecular weight is 501 g/mol. The van der Waals surface area contributed by atoms with Crippen molar-refractivity contribution in [1.82, 2.24) is 9.55 Å². The Morgan fingerprint density at radius 1 is 1.11 bits per heavy atom. The van der Waals surface area contributed by atoms with Gasteiger partial charge in [-0.25, -0.2) is 4.98 Å². The molecule has 0 aliphatic rings. The van der Waals surface area contributed by atoms with Gasteiger partial charge in [0.25, 0.3) is 0 Å². The molecule has 0 fully saturated rings. The van der Waals surface area contributed by atoms with Crippen molar-refractivity contribution in [1.29, 1.82) is 5.26 Å². The lowest BCUT2D eigenvalue weighted by Crippen LogP contribution is -1.96. The first kappa shape index (κ1) is 14.5. The summed E-state index contributed by atoms with van der Waals surface area (Å²) in [7, 11) is 0. The molecule has 7 heteroatoms. The SMILES string of the molecule is N#CCCCn1cnc2c(Br)c(Br)c(Br)c(Br)c21. The average Bonchev–Trinajstić information content (AvgIpc) is 2.78. The zero-order valence-electron chi connectivity index (χ0n) is 9.05. The van der Waals surface area contributed by atoms with Crippen LogP contribution >= 0.6 is 63.7 Å². The van der Waals surface area contributed by atoms with E-state index in [1.54, 1.807) is 6.33 Å². The molecule has 0 amide bonds. The van der Waals surface area contributed by atoms with Crippen LogP contribution in [0.3, 0.4) is 0 Å². The Kier molecular flexibility index (Phi) is 4.86. The molecule has 2 rings (SSSR count). The molecule has 0 saturated heterocycles. The predicted molar refractivity (Wildman–Crippen MR) is 85.4 cm³/mol. The summed E-state index contributed by atoms with van der Waals surface area (Å²) in [5.41, 5.74) is 1.92. The van der Waals surface area contributed by atoms with Crippen molar-refractivity contribution in [2.75, 3.05) is 0 Å². The van der Waals surface area contributed by atoms with Crippen LogP contribution in [-0.4, -0.2) is 9.55 Å². The molecule has 0 N–H and O–H groups in total. The topological polar surface area (TPSA) is 41.6 Å². The first-order valence-electron chi connectivity index (χ1n) is 5.11. The molecular formula is C11H7Br4N3. The number of halogens is 4. The summed E-state index contributed by atoms with van der Waals surface area (Å²) >= 11 is 14.2. The second-order valence-corrected chi connectivity index (χ2v) is 6.82. The second kappa shape index (κ2) is 6.04. The van der Waals surface area contributed by atoms with E-state index >= 15 is 0 Å². The molecule has 0 unspecified atom stereocenters. The molecule has 0 radical (unpaired) electrons. The van der Waals surface area contributed by atoms with Gasteiger partial charge in [0.2, 0.25) is 0 Å². The van der Waals surface area contributed by atoms with Gasteiger partial charge < -0.3 is 4.57 Å². The van der Waals surface area contributed by atoms with Gasteiger partial charge in [0.05, 0.1) is 26.9 Å². The van der Waals surface area contributed by atoms with E-state index in [4.69, 9.17) is 5.26 Å². The standard InChI is InChI=1S/C11H7Br4N3/c12-6-7(13)9(15)11-10(8(6)14)17-5-18(11)4-2-1-3-16/h5H,1-2,4H2. The number of fused-ring (bicyclic) bond motifs is 1. The molecule has 0 bridgehead atoms. The summed E-state index contributed by atoms with van der Waals surface area (Å²) in [6.45, 7) is 0.781. The summed E-state index contributed by atoms with van der Waals surface area (Å²) < 4.78 is 5.82. The van der Waals surface area contributed by atoms with Crippen molar-refractivity contribution in [3.63, 3.8) is 0 Å². The number of rotatable bonds is 3. The van der Waals surface area contributed by atoms with E-state index in [9.17, 15) is 0 Å². The van der Waals surface area contributed by atoms with Gasteiger partial charge in [-0.05, 0) is 70.1 Å². The minimum absolute atomic E-state index is 0.552. The smallest absolute Gasteiger partial charge is 0.105 e. The van der Waals surface area contributed by atoms with Gasteiger partial charge in [0.1, 0.15) is 5.52 Å². The lowest BCUT2D eigenvalue weighted by atomic mass is 10.3. The van der Waals surface area contributed by atoms with Gasteiger partial charge in [-0.2, -0.15) is 5.26 Å². The van der Waals surface area contributed by atoms with Gasteiger partial charge in [0, 0.05) is 21.9 Å². The Hall–Kier alpha value is 0.100. The molecular weight excluding hydrogens is 494 g/mol. The molecule has 1 heterocycles. The lowest BCUT2D eigenvalue weighted by Gasteiger charge is -2.08. The minimum atomic E-state index is 0.552. The Morgan fingerprint density at radius 2 is 1.78 bits per heavy atom. The highest BCUT2D eigenvalue weighted by Crippen LogP contribution is 2.42. The van der Waals surface area contributed by atoms with Crippen LogP contribution in [0.1, 0.15) is 12.8 Å². The highest BCUT2D eigenvalue weighted by molar-refractivity contribution is 9.15. The monoisotopic (exact) mass is 497 g/mol. The molecule has 0 aliphatic heterocycles. The maximum absolute atomic E-state index is 8.58. The number of aromatic nitrogens is 2. The Labute approximate surface area is 138 Å². The van der Waals surface area contributed by atoms with Crippen LogP contribution in [0.2, 0.25) is 0 Å². The zero-order chi connectivity index (χ0) is 13.3. The van der Waals surface area contributed by atoms with E-state index in [0.717, 1.165) is 41.9 Å². The maximum Gasteiger partial charge on any atom is 0.105 e. The molecule has 0 saturated carbocycles. The number of nitriles is 1. The number of unbranched alkanes of at least 4 members (excludes halogenated alkanes) is 1. The molecule has 0 aliphatic carbocycles. The number of aryl methyl sites for hydroxylation is 1. The van der Waals surface area contributed by atoms with Crippen LogP contribution < -0.4 is 0 Å². The van der Waals surface area contributed by atoms with Crippen molar-refractivity contribution in [3.8, 4) is 6.07 Å². The number of hydrogen-bond acceptors (Lipinski definition) is 2. The highest BCUT2D eigenvalue weighted by atomic mass is 79.9. The van der Waals surface area contributed by atoms with Crippen LogP contribution in [0.15, 0.2) is 24.2 Å². The third-order valence-corrected chi connectivity index (χ3v) is 7.25. The van der Waals surface area contributed by atoms with E-state index in [1.165, 1.54) is 0 Å². The second-order valence-electron chi connectivity index (χ2n) is 3.65. The van der Waals surface area contributed by atoms with Crippen LogP contribution in [0.4, 0.5) is 0 Å². The fourth-order valence-corrected chi connectivity index (χ4v) is 4.08. The molecule has 1 aromatic heterocycles. The highest BCUT2D eigenvalue weighted by Gasteiger charge is 2.17. The van der Waals surface area contributed by atoms with Crippen LogP contribution in [0.5, 0.6) is 0 Å². The van der Waals surface area contributed by atoms with E-state index < -0.39 is 0 Å². The summed E-state index contributed by atoms with van der Waals surface area (Å²) in [5.74, 6) is 0. The van der Waals surface area contributed by atoms with E-state index in [1.807, 2.05) is 0 Å². The van der Waals surface area contributed by atoms with E-state index in [0.29, 0.717) is 6.42 Å². The van der Waals surface area contributed by atoms with Gasteiger partial charge >= 0.3 is 0 Å². The van der Waals surface area contributed by atoms with Crippen molar-refractivity contribution >= 4 is 74.8 Å². The number of hydrogen-bond donors (Lipinski definition) is 0. The fraction of sp³-hybridized carbons (Fsp3) is 0.273. The molecule has 2 aromatic rings. The van der Waals surface area contributed by atoms with Crippen LogP contribution in [-0.2, 0) is 6.54 Å². The van der Waals surface area contributed by atoms with Crippen molar-refractivity contribution in [3.05, 3.63) is 24.2 Å². The predicted octanol–water partition coefficient (Wildman–Crippen LogP) is 5.39. The minimum Gasteiger partial charge on any atom is -0.330 e. The molecule has 94 valence electrons. The summed E-state index contributed by atoms with van der Waals surface area (Å²) in [6, 6.07) is 2.15. The Bertz CT molecular complexity index is 642. The third-order valence-electron chi connectivity index (χ3n) is 2.52. The maximum atomic E-state index is 8.58. The molecule has 0 atom stereocenters. The molecule has 3 nitrogen and oxygen atoms in total. The first-order chi connectivity index (χ1) is 8.57. The van der Waals surface area contributed by atoms with Gasteiger partial charge in [0.15, 0.2) is 0 Å². The Morgan fingerprint density at radius 3 is 2.44 bits per heavy atom. The molecule has 18 heavy (non-hydrogen) atoms. The van der Waals surface area contributed by atoms with Gasteiger partial charge in [-0.3, -0.25) is 0 Å². The normalized spacial score (nSPS) is 10.8. The third kappa shape index (κ3) is 2.53. The van der Waals surface area contributed by atoms with Gasteiger partial charge in [-0.15, -0.1) is 0 Å². The zero-order valence-corrected chi connectivity index (χ0v) is 15.4. The van der Waals surface area contributed by atoms with Crippen molar-refractivity contribution in [2.45, 2.75) is 19.4 Å². The van der Waals surface area contributed by atoms with Gasteiger partial charge in [-0.1, -0.05) is 0 Å². The van der Waals surface area contributed by atoms with Crippen LogP contribution in [0.25, 0.3) is 11.0 Å². The largest absolute Gasteiger partial charge is 0.330 e. The fourth-order valence-electron chi connectivity index (χ4n) is 1.67.